The second kappa shape index (κ2) is 7.94. The van der Waals surface area contributed by atoms with E-state index in [0.717, 1.165) is 36.3 Å². The standard InChI is InChI=1S/C18H37N3/c1-6-19-18-10-14(2)9-15(3)17(18)13-21(5)12-16-7-8-20(4)11-16/h14-19H,6-13H2,1-5H3. The highest BCUT2D eigenvalue weighted by molar-refractivity contribution is 4.89. The van der Waals surface area contributed by atoms with Gasteiger partial charge >= 0.3 is 0 Å². The molecule has 0 spiro atoms. The van der Waals surface area contributed by atoms with E-state index in [9.17, 15) is 0 Å². The van der Waals surface area contributed by atoms with Gasteiger partial charge in [-0.15, -0.1) is 0 Å². The highest BCUT2D eigenvalue weighted by atomic mass is 15.2. The van der Waals surface area contributed by atoms with Gasteiger partial charge in [-0.25, -0.2) is 0 Å². The fourth-order valence-electron chi connectivity index (χ4n) is 4.77. The summed E-state index contributed by atoms with van der Waals surface area (Å²) in [6.45, 7) is 13.4. The predicted molar refractivity (Wildman–Crippen MR) is 91.6 cm³/mol. The Hall–Kier alpha value is -0.120. The highest BCUT2D eigenvalue weighted by Crippen LogP contribution is 2.34. The lowest BCUT2D eigenvalue weighted by Gasteiger charge is -2.42. The minimum absolute atomic E-state index is 0.724. The molecule has 3 heteroatoms. The first-order chi connectivity index (χ1) is 9.99. The first kappa shape index (κ1) is 17.2. The van der Waals surface area contributed by atoms with Crippen LogP contribution in [0, 0.1) is 23.7 Å². The van der Waals surface area contributed by atoms with Crippen molar-refractivity contribution < 1.29 is 0 Å². The Labute approximate surface area is 132 Å². The average molecular weight is 296 g/mol. The number of hydrogen-bond donors (Lipinski definition) is 1. The highest BCUT2D eigenvalue weighted by Gasteiger charge is 2.34. The Bertz CT molecular complexity index is 307. The third-order valence-corrected chi connectivity index (χ3v) is 5.73. The Morgan fingerprint density at radius 2 is 1.95 bits per heavy atom. The van der Waals surface area contributed by atoms with Crippen molar-refractivity contribution in [2.45, 2.75) is 46.1 Å². The molecule has 0 aromatic carbocycles. The zero-order chi connectivity index (χ0) is 15.4. The maximum atomic E-state index is 3.77. The Balaban J connectivity index is 1.85. The molecule has 2 fully saturated rings. The molecule has 1 N–H and O–H groups in total. The molecule has 0 aromatic heterocycles. The zero-order valence-corrected chi connectivity index (χ0v) is 14.9. The van der Waals surface area contributed by atoms with Crippen LogP contribution in [0.25, 0.3) is 0 Å². The van der Waals surface area contributed by atoms with Crippen LogP contribution in [0.15, 0.2) is 0 Å². The molecule has 1 aliphatic heterocycles. The molecule has 1 saturated carbocycles. The Kier molecular flexibility index (Phi) is 6.51. The normalized spacial score (nSPS) is 38.3. The van der Waals surface area contributed by atoms with Gasteiger partial charge in [0.25, 0.3) is 0 Å². The van der Waals surface area contributed by atoms with E-state index in [1.807, 2.05) is 0 Å². The van der Waals surface area contributed by atoms with Crippen molar-refractivity contribution in [1.82, 2.24) is 15.1 Å². The molecule has 124 valence electrons. The van der Waals surface area contributed by atoms with E-state index < -0.39 is 0 Å². The largest absolute Gasteiger partial charge is 0.314 e. The summed E-state index contributed by atoms with van der Waals surface area (Å²) < 4.78 is 0. The van der Waals surface area contributed by atoms with Gasteiger partial charge in [0.1, 0.15) is 0 Å². The van der Waals surface area contributed by atoms with Crippen LogP contribution in [-0.2, 0) is 0 Å². The predicted octanol–water partition coefficient (Wildman–Crippen LogP) is 2.53. The van der Waals surface area contributed by atoms with Gasteiger partial charge in [0, 0.05) is 25.7 Å². The van der Waals surface area contributed by atoms with E-state index in [1.54, 1.807) is 0 Å². The van der Waals surface area contributed by atoms with E-state index in [1.165, 1.54) is 45.4 Å². The summed E-state index contributed by atoms with van der Waals surface area (Å²) in [5, 5.41) is 3.77. The molecule has 21 heavy (non-hydrogen) atoms. The Morgan fingerprint density at radius 3 is 2.57 bits per heavy atom. The fourth-order valence-corrected chi connectivity index (χ4v) is 4.77. The van der Waals surface area contributed by atoms with Gasteiger partial charge in [-0.2, -0.15) is 0 Å². The van der Waals surface area contributed by atoms with Crippen LogP contribution < -0.4 is 5.32 Å². The van der Waals surface area contributed by atoms with Crippen LogP contribution in [0.1, 0.15) is 40.0 Å². The lowest BCUT2D eigenvalue weighted by molar-refractivity contribution is 0.106. The van der Waals surface area contributed by atoms with E-state index in [0.29, 0.717) is 0 Å². The first-order valence-electron chi connectivity index (χ1n) is 9.10. The maximum absolute atomic E-state index is 3.77. The first-order valence-corrected chi connectivity index (χ1v) is 9.10. The zero-order valence-electron chi connectivity index (χ0n) is 14.9. The van der Waals surface area contributed by atoms with Gasteiger partial charge in [-0.1, -0.05) is 20.8 Å². The molecular formula is C18H37N3. The van der Waals surface area contributed by atoms with Gasteiger partial charge in [0.15, 0.2) is 0 Å². The van der Waals surface area contributed by atoms with E-state index in [4.69, 9.17) is 0 Å². The van der Waals surface area contributed by atoms with Crippen LogP contribution in [0.3, 0.4) is 0 Å². The molecule has 0 bridgehead atoms. The Morgan fingerprint density at radius 1 is 1.19 bits per heavy atom. The van der Waals surface area contributed by atoms with Crippen LogP contribution in [-0.4, -0.2) is 62.7 Å². The van der Waals surface area contributed by atoms with Gasteiger partial charge in [-0.3, -0.25) is 0 Å². The van der Waals surface area contributed by atoms with Gasteiger partial charge in [0.05, 0.1) is 0 Å². The van der Waals surface area contributed by atoms with E-state index >= 15 is 0 Å². The SMILES string of the molecule is CCNC1CC(C)CC(C)C1CN(C)CC1CCN(C)C1. The van der Waals surface area contributed by atoms with Crippen LogP contribution in [0.5, 0.6) is 0 Å². The molecule has 1 aliphatic carbocycles. The van der Waals surface area contributed by atoms with Crippen LogP contribution >= 0.6 is 0 Å². The molecule has 3 nitrogen and oxygen atoms in total. The topological polar surface area (TPSA) is 18.5 Å². The number of hydrogen-bond acceptors (Lipinski definition) is 3. The minimum Gasteiger partial charge on any atom is -0.314 e. The van der Waals surface area contributed by atoms with E-state index in [2.05, 4.69) is 50.0 Å². The van der Waals surface area contributed by atoms with Gasteiger partial charge in [0.2, 0.25) is 0 Å². The average Bonchev–Trinajstić information content (AvgIpc) is 2.79. The smallest absolute Gasteiger partial charge is 0.0112 e. The summed E-state index contributed by atoms with van der Waals surface area (Å²) in [4.78, 5) is 5.09. The number of nitrogens with zero attached hydrogens (tertiary/aromatic N) is 2. The molecular weight excluding hydrogens is 258 g/mol. The molecule has 0 radical (unpaired) electrons. The number of likely N-dealkylation sites (tertiary alicyclic amines) is 1. The van der Waals surface area contributed by atoms with Crippen molar-refractivity contribution in [2.24, 2.45) is 23.7 Å². The summed E-state index contributed by atoms with van der Waals surface area (Å²) in [5.41, 5.74) is 0. The lowest BCUT2D eigenvalue weighted by atomic mass is 9.72. The summed E-state index contributed by atoms with van der Waals surface area (Å²) in [6, 6.07) is 0.724. The fraction of sp³-hybridized carbons (Fsp3) is 1.00. The summed E-state index contributed by atoms with van der Waals surface area (Å²) >= 11 is 0. The molecule has 5 unspecified atom stereocenters. The molecule has 0 amide bonds. The molecule has 1 heterocycles. The van der Waals surface area contributed by atoms with E-state index in [-0.39, 0.29) is 0 Å². The molecule has 2 aliphatic rings. The molecule has 0 aromatic rings. The van der Waals surface area contributed by atoms with Gasteiger partial charge < -0.3 is 15.1 Å². The summed E-state index contributed by atoms with van der Waals surface area (Å²) in [6.07, 6.45) is 4.16. The second-order valence-corrected chi connectivity index (χ2v) is 8.02. The summed E-state index contributed by atoms with van der Waals surface area (Å²) in [7, 11) is 4.60. The molecule has 1 saturated heterocycles. The maximum Gasteiger partial charge on any atom is 0.0112 e. The minimum atomic E-state index is 0.724. The van der Waals surface area contributed by atoms with Crippen molar-refractivity contribution in [2.75, 3.05) is 46.8 Å². The van der Waals surface area contributed by atoms with Crippen molar-refractivity contribution >= 4 is 0 Å². The van der Waals surface area contributed by atoms with Crippen molar-refractivity contribution in [3.05, 3.63) is 0 Å². The van der Waals surface area contributed by atoms with Gasteiger partial charge in [-0.05, 0) is 70.1 Å². The van der Waals surface area contributed by atoms with Crippen LogP contribution in [0.4, 0.5) is 0 Å². The quantitative estimate of drug-likeness (QED) is 0.812. The number of nitrogens with one attached hydrogen (secondary N) is 1. The van der Waals surface area contributed by atoms with Crippen molar-refractivity contribution in [1.29, 1.82) is 0 Å². The third kappa shape index (κ3) is 4.94. The summed E-state index contributed by atoms with van der Waals surface area (Å²) in [5.74, 6) is 3.45. The third-order valence-electron chi connectivity index (χ3n) is 5.73. The monoisotopic (exact) mass is 295 g/mol. The lowest BCUT2D eigenvalue weighted by Crippen LogP contribution is -2.49. The second-order valence-electron chi connectivity index (χ2n) is 8.02. The molecule has 2 rings (SSSR count). The number of rotatable bonds is 6. The van der Waals surface area contributed by atoms with Crippen molar-refractivity contribution in [3.63, 3.8) is 0 Å². The van der Waals surface area contributed by atoms with Crippen LogP contribution in [0.2, 0.25) is 0 Å². The van der Waals surface area contributed by atoms with Crippen molar-refractivity contribution in [3.8, 4) is 0 Å². The molecule has 5 atom stereocenters.